The molecule has 2 unspecified atom stereocenters. The quantitative estimate of drug-likeness (QED) is 0.561. The van der Waals surface area contributed by atoms with Gasteiger partial charge in [-0.05, 0) is 19.8 Å². The standard InChI is InChI=1S/C8H15N5O/c1-5-6(9)3-2-4-13(5)7-10-8(14)12-11-7/h5-6H,2-4,9H2,1H3,(H2,10,11,12,14). The number of aromatic amines is 2. The Balaban J connectivity index is 2.21. The molecule has 0 spiro atoms. The average Bonchev–Trinajstić information content (AvgIpc) is 2.57. The summed E-state index contributed by atoms with van der Waals surface area (Å²) in [6.45, 7) is 2.95. The summed E-state index contributed by atoms with van der Waals surface area (Å²) in [5.74, 6) is 0.595. The zero-order valence-electron chi connectivity index (χ0n) is 8.16. The highest BCUT2D eigenvalue weighted by molar-refractivity contribution is 5.30. The zero-order valence-corrected chi connectivity index (χ0v) is 8.16. The van der Waals surface area contributed by atoms with E-state index >= 15 is 0 Å². The van der Waals surface area contributed by atoms with Crippen LogP contribution in [0.5, 0.6) is 0 Å². The van der Waals surface area contributed by atoms with Crippen molar-refractivity contribution in [3.8, 4) is 0 Å². The topological polar surface area (TPSA) is 90.8 Å². The van der Waals surface area contributed by atoms with Crippen LogP contribution in [0.15, 0.2) is 4.79 Å². The number of anilines is 1. The molecular weight excluding hydrogens is 182 g/mol. The second kappa shape index (κ2) is 3.45. The Hall–Kier alpha value is -1.30. The molecule has 6 heteroatoms. The summed E-state index contributed by atoms with van der Waals surface area (Å²) in [4.78, 5) is 15.6. The molecular formula is C8H15N5O. The number of hydrogen-bond donors (Lipinski definition) is 3. The molecule has 0 aromatic carbocycles. The summed E-state index contributed by atoms with van der Waals surface area (Å²) in [5.41, 5.74) is 5.67. The normalized spacial score (nSPS) is 28.0. The van der Waals surface area contributed by atoms with E-state index in [4.69, 9.17) is 5.73 Å². The first-order chi connectivity index (χ1) is 6.68. The van der Waals surface area contributed by atoms with Gasteiger partial charge in [-0.2, -0.15) is 0 Å². The van der Waals surface area contributed by atoms with Crippen molar-refractivity contribution < 1.29 is 0 Å². The second-order valence-electron chi connectivity index (χ2n) is 3.74. The smallest absolute Gasteiger partial charge is 0.337 e. The molecule has 78 valence electrons. The monoisotopic (exact) mass is 197 g/mol. The largest absolute Gasteiger partial charge is 0.342 e. The lowest BCUT2D eigenvalue weighted by Crippen LogP contribution is -2.51. The number of nitrogens with zero attached hydrogens (tertiary/aromatic N) is 2. The molecule has 1 aromatic heterocycles. The minimum Gasteiger partial charge on any atom is -0.337 e. The predicted molar refractivity (Wildman–Crippen MR) is 53.2 cm³/mol. The predicted octanol–water partition coefficient (Wildman–Crippen LogP) is -0.586. The molecule has 2 atom stereocenters. The third kappa shape index (κ3) is 1.52. The van der Waals surface area contributed by atoms with Crippen molar-refractivity contribution in [2.45, 2.75) is 31.8 Å². The first-order valence-corrected chi connectivity index (χ1v) is 4.85. The summed E-state index contributed by atoms with van der Waals surface area (Å²) in [6.07, 6.45) is 2.08. The molecule has 2 rings (SSSR count). The fourth-order valence-corrected chi connectivity index (χ4v) is 1.87. The van der Waals surface area contributed by atoms with E-state index in [1.807, 2.05) is 4.90 Å². The summed E-state index contributed by atoms with van der Waals surface area (Å²) < 4.78 is 0. The van der Waals surface area contributed by atoms with E-state index < -0.39 is 0 Å². The van der Waals surface area contributed by atoms with Crippen LogP contribution >= 0.6 is 0 Å². The molecule has 0 saturated carbocycles. The number of piperidine rings is 1. The lowest BCUT2D eigenvalue weighted by atomic mass is 9.99. The Morgan fingerprint density at radius 1 is 1.64 bits per heavy atom. The van der Waals surface area contributed by atoms with E-state index in [-0.39, 0.29) is 17.8 Å². The van der Waals surface area contributed by atoms with E-state index in [2.05, 4.69) is 22.1 Å². The van der Waals surface area contributed by atoms with Gasteiger partial charge >= 0.3 is 5.69 Å². The van der Waals surface area contributed by atoms with Crippen molar-refractivity contribution in [3.05, 3.63) is 10.5 Å². The van der Waals surface area contributed by atoms with Crippen molar-refractivity contribution in [2.75, 3.05) is 11.4 Å². The third-order valence-electron chi connectivity index (χ3n) is 2.81. The molecule has 1 fully saturated rings. The number of aromatic nitrogens is 3. The molecule has 1 aromatic rings. The molecule has 1 saturated heterocycles. The van der Waals surface area contributed by atoms with Gasteiger partial charge in [0.25, 0.3) is 0 Å². The van der Waals surface area contributed by atoms with Crippen LogP contribution in [0.1, 0.15) is 19.8 Å². The fraction of sp³-hybridized carbons (Fsp3) is 0.750. The Morgan fingerprint density at radius 3 is 3.07 bits per heavy atom. The molecule has 2 heterocycles. The first-order valence-electron chi connectivity index (χ1n) is 4.85. The minimum atomic E-state index is -0.272. The van der Waals surface area contributed by atoms with Crippen LogP contribution in [-0.4, -0.2) is 33.8 Å². The number of nitrogens with two attached hydrogens (primary N) is 1. The molecule has 4 N–H and O–H groups in total. The van der Waals surface area contributed by atoms with Gasteiger partial charge in [0.2, 0.25) is 5.95 Å². The van der Waals surface area contributed by atoms with E-state index in [1.54, 1.807) is 0 Å². The van der Waals surface area contributed by atoms with Crippen LogP contribution in [-0.2, 0) is 0 Å². The van der Waals surface area contributed by atoms with Crippen LogP contribution < -0.4 is 16.3 Å². The molecule has 0 amide bonds. The lowest BCUT2D eigenvalue weighted by molar-refractivity contribution is 0.416. The van der Waals surface area contributed by atoms with Crippen molar-refractivity contribution in [3.63, 3.8) is 0 Å². The van der Waals surface area contributed by atoms with Crippen molar-refractivity contribution in [1.82, 2.24) is 15.2 Å². The van der Waals surface area contributed by atoms with E-state index in [0.717, 1.165) is 19.4 Å². The first kappa shape index (κ1) is 9.26. The van der Waals surface area contributed by atoms with E-state index in [9.17, 15) is 4.79 Å². The Bertz CT molecular complexity index is 357. The second-order valence-corrected chi connectivity index (χ2v) is 3.74. The number of hydrogen-bond acceptors (Lipinski definition) is 4. The Kier molecular flexibility index (Phi) is 2.28. The summed E-state index contributed by atoms with van der Waals surface area (Å²) >= 11 is 0. The Morgan fingerprint density at radius 2 is 2.43 bits per heavy atom. The van der Waals surface area contributed by atoms with Crippen LogP contribution in [0.25, 0.3) is 0 Å². The van der Waals surface area contributed by atoms with Gasteiger partial charge in [0.05, 0.1) is 0 Å². The van der Waals surface area contributed by atoms with Crippen molar-refractivity contribution in [1.29, 1.82) is 0 Å². The minimum absolute atomic E-state index is 0.156. The van der Waals surface area contributed by atoms with Gasteiger partial charge in [0.1, 0.15) is 0 Å². The fourth-order valence-electron chi connectivity index (χ4n) is 1.87. The summed E-state index contributed by atoms with van der Waals surface area (Å²) in [6, 6.07) is 0.381. The van der Waals surface area contributed by atoms with Gasteiger partial charge in [-0.3, -0.25) is 4.98 Å². The highest BCUT2D eigenvalue weighted by Gasteiger charge is 2.26. The zero-order chi connectivity index (χ0) is 10.1. The van der Waals surface area contributed by atoms with Crippen molar-refractivity contribution in [2.24, 2.45) is 5.73 Å². The molecule has 0 radical (unpaired) electrons. The van der Waals surface area contributed by atoms with Gasteiger partial charge in [-0.1, -0.05) is 0 Å². The molecule has 1 aliphatic heterocycles. The summed E-state index contributed by atoms with van der Waals surface area (Å²) in [7, 11) is 0. The van der Waals surface area contributed by atoms with E-state index in [1.165, 1.54) is 0 Å². The lowest BCUT2D eigenvalue weighted by Gasteiger charge is -2.37. The number of rotatable bonds is 1. The van der Waals surface area contributed by atoms with Crippen molar-refractivity contribution >= 4 is 5.95 Å². The van der Waals surface area contributed by atoms with Crippen LogP contribution in [0.2, 0.25) is 0 Å². The highest BCUT2D eigenvalue weighted by atomic mass is 16.1. The summed E-state index contributed by atoms with van der Waals surface area (Å²) in [5, 5.41) is 6.26. The van der Waals surface area contributed by atoms with Crippen LogP contribution in [0.4, 0.5) is 5.95 Å². The highest BCUT2D eigenvalue weighted by Crippen LogP contribution is 2.19. The van der Waals surface area contributed by atoms with E-state index in [0.29, 0.717) is 5.95 Å². The van der Waals surface area contributed by atoms with Gasteiger partial charge in [-0.25, -0.2) is 9.89 Å². The number of nitrogens with one attached hydrogen (secondary N) is 2. The van der Waals surface area contributed by atoms with Gasteiger partial charge < -0.3 is 10.6 Å². The average molecular weight is 197 g/mol. The number of H-pyrrole nitrogens is 2. The van der Waals surface area contributed by atoms with Gasteiger partial charge in [0, 0.05) is 18.6 Å². The molecule has 6 nitrogen and oxygen atoms in total. The molecule has 14 heavy (non-hydrogen) atoms. The Labute approximate surface area is 81.5 Å². The maximum Gasteiger partial charge on any atom is 0.342 e. The SMILES string of the molecule is CC1C(N)CCCN1c1n[nH]c(=O)[nH]1. The van der Waals surface area contributed by atoms with Crippen LogP contribution in [0.3, 0.4) is 0 Å². The maximum atomic E-state index is 10.9. The third-order valence-corrected chi connectivity index (χ3v) is 2.81. The molecule has 0 aliphatic carbocycles. The molecule has 1 aliphatic rings. The van der Waals surface area contributed by atoms with Gasteiger partial charge in [0.15, 0.2) is 0 Å². The van der Waals surface area contributed by atoms with Crippen LogP contribution in [0, 0.1) is 0 Å². The maximum absolute atomic E-state index is 10.9. The molecule has 0 bridgehead atoms. The van der Waals surface area contributed by atoms with Gasteiger partial charge in [-0.15, -0.1) is 5.10 Å².